The van der Waals surface area contributed by atoms with Crippen molar-refractivity contribution in [3.8, 4) is 5.69 Å². The van der Waals surface area contributed by atoms with E-state index >= 15 is 0 Å². The Balaban J connectivity index is 2.05. The van der Waals surface area contributed by atoms with E-state index in [2.05, 4.69) is 4.98 Å². The van der Waals surface area contributed by atoms with E-state index < -0.39 is 45.9 Å². The number of rotatable bonds is 3. The number of carbonyl (C=O) groups excluding carboxylic acids is 1. The van der Waals surface area contributed by atoms with Crippen LogP contribution in [0.1, 0.15) is 17.5 Å². The third-order valence-electron chi connectivity index (χ3n) is 4.75. The molecule has 5 nitrogen and oxygen atoms in total. The van der Waals surface area contributed by atoms with Crippen LogP contribution in [-0.4, -0.2) is 27.4 Å². The highest BCUT2D eigenvalue weighted by Crippen LogP contribution is 2.39. The highest BCUT2D eigenvalue weighted by atomic mass is 32.2. The molecule has 4 rings (SSSR count). The number of benzene rings is 2. The summed E-state index contributed by atoms with van der Waals surface area (Å²) in [6.07, 6.45) is -9.80. The number of fused-ring (bicyclic) bond motifs is 1. The lowest BCUT2D eigenvalue weighted by Crippen LogP contribution is -2.26. The van der Waals surface area contributed by atoms with E-state index in [9.17, 15) is 35.9 Å². The number of nitrogens with zero attached hydrogens (tertiary/aromatic N) is 2. The van der Waals surface area contributed by atoms with E-state index in [1.807, 2.05) is 0 Å². The first-order valence-electron chi connectivity index (χ1n) is 9.11. The maximum atomic E-state index is 13.7. The molecule has 2 heterocycles. The zero-order chi connectivity index (χ0) is 23.3. The zero-order valence-electron chi connectivity index (χ0n) is 15.8. The van der Waals surface area contributed by atoms with Crippen molar-refractivity contribution >= 4 is 28.6 Å². The van der Waals surface area contributed by atoms with E-state index in [0.29, 0.717) is 22.4 Å². The second kappa shape index (κ2) is 7.84. The highest BCUT2D eigenvalue weighted by Gasteiger charge is 2.39. The first-order valence-corrected chi connectivity index (χ1v) is 9.98. The quantitative estimate of drug-likeness (QED) is 0.309. The molecule has 0 aliphatic carbocycles. The fourth-order valence-electron chi connectivity index (χ4n) is 3.25. The average Bonchev–Trinajstić information content (AvgIpc) is 3.11. The molecule has 1 aliphatic heterocycles. The number of hydrogen-bond donors (Lipinski definition) is 0. The number of thioether (sulfide) groups is 1. The Kier molecular flexibility index (Phi) is 5.43. The van der Waals surface area contributed by atoms with Gasteiger partial charge in [-0.1, -0.05) is 23.9 Å². The van der Waals surface area contributed by atoms with Gasteiger partial charge in [-0.05, 0) is 30.3 Å². The van der Waals surface area contributed by atoms with Crippen molar-refractivity contribution in [1.82, 2.24) is 9.55 Å². The van der Waals surface area contributed by atoms with Crippen LogP contribution in [0.15, 0.2) is 52.4 Å². The van der Waals surface area contributed by atoms with Crippen molar-refractivity contribution in [3.63, 3.8) is 0 Å². The summed E-state index contributed by atoms with van der Waals surface area (Å²) in [4.78, 5) is 29.3. The molecule has 2 aromatic carbocycles. The van der Waals surface area contributed by atoms with Gasteiger partial charge in [-0.2, -0.15) is 26.3 Å². The number of hydrogen-bond acceptors (Lipinski definition) is 5. The number of cyclic esters (lactones) is 1. The molecule has 0 N–H and O–H groups in total. The standard InChI is InChI=1S/C20H12F6N2O3S/c21-19(22,23)10-5-6-12(20(24,25)26)14(9-10)28-16(29)11-3-1-2-4-13(11)27-18(28)32-15-7-8-31-17(15)30/h1-6,9,15H,7-8H2/t15-/m0/s1. The molecular weight excluding hydrogens is 462 g/mol. The van der Waals surface area contributed by atoms with Crippen LogP contribution in [-0.2, 0) is 21.9 Å². The molecule has 0 bridgehead atoms. The Morgan fingerprint density at radius 3 is 2.34 bits per heavy atom. The minimum absolute atomic E-state index is 0.0751. The first kappa shape index (κ1) is 22.2. The smallest absolute Gasteiger partial charge is 0.418 e. The van der Waals surface area contributed by atoms with Crippen LogP contribution in [0, 0.1) is 0 Å². The fraction of sp³-hybridized carbons (Fsp3) is 0.250. The Morgan fingerprint density at radius 2 is 1.72 bits per heavy atom. The number of halogens is 6. The van der Waals surface area contributed by atoms with Crippen LogP contribution >= 0.6 is 11.8 Å². The van der Waals surface area contributed by atoms with Gasteiger partial charge in [-0.25, -0.2) is 4.98 Å². The lowest BCUT2D eigenvalue weighted by Gasteiger charge is -2.20. The molecule has 168 valence electrons. The van der Waals surface area contributed by atoms with Crippen LogP contribution in [0.5, 0.6) is 0 Å². The molecule has 1 aliphatic rings. The van der Waals surface area contributed by atoms with Gasteiger partial charge >= 0.3 is 18.3 Å². The van der Waals surface area contributed by atoms with Crippen LogP contribution < -0.4 is 5.56 Å². The molecule has 0 spiro atoms. The molecule has 1 atom stereocenters. The average molecular weight is 474 g/mol. The normalized spacial score (nSPS) is 17.1. The van der Waals surface area contributed by atoms with Crippen LogP contribution in [0.25, 0.3) is 16.6 Å². The van der Waals surface area contributed by atoms with Gasteiger partial charge in [0.25, 0.3) is 5.56 Å². The summed E-state index contributed by atoms with van der Waals surface area (Å²) in [5.74, 6) is -0.649. The maximum absolute atomic E-state index is 13.7. The lowest BCUT2D eigenvalue weighted by atomic mass is 10.1. The summed E-state index contributed by atoms with van der Waals surface area (Å²) in [6.45, 7) is 0.0751. The van der Waals surface area contributed by atoms with Crippen molar-refractivity contribution in [2.24, 2.45) is 0 Å². The number of esters is 1. The van der Waals surface area contributed by atoms with Gasteiger partial charge in [0, 0.05) is 6.42 Å². The third kappa shape index (κ3) is 4.06. The summed E-state index contributed by atoms with van der Waals surface area (Å²) in [5, 5.41) is -1.30. The third-order valence-corrected chi connectivity index (χ3v) is 5.95. The predicted molar refractivity (Wildman–Crippen MR) is 103 cm³/mol. The predicted octanol–water partition coefficient (Wildman–Crippen LogP) is 4.83. The van der Waals surface area contributed by atoms with E-state index in [1.165, 1.54) is 18.2 Å². The summed E-state index contributed by atoms with van der Waals surface area (Å²) in [6, 6.07) is 6.58. The summed E-state index contributed by atoms with van der Waals surface area (Å²) in [7, 11) is 0. The molecular formula is C20H12F6N2O3S. The van der Waals surface area contributed by atoms with Crippen LogP contribution in [0.4, 0.5) is 26.3 Å². The molecule has 0 saturated carbocycles. The summed E-state index contributed by atoms with van der Waals surface area (Å²) in [5.41, 5.74) is -4.70. The molecule has 32 heavy (non-hydrogen) atoms. The number of ether oxygens (including phenoxy) is 1. The molecule has 1 aromatic heterocycles. The van der Waals surface area contributed by atoms with Gasteiger partial charge in [0.05, 0.1) is 34.3 Å². The lowest BCUT2D eigenvalue weighted by molar-refractivity contribution is -0.141. The topological polar surface area (TPSA) is 61.2 Å². The van der Waals surface area contributed by atoms with Crippen molar-refractivity contribution in [3.05, 3.63) is 63.9 Å². The molecule has 0 amide bonds. The number of aromatic nitrogens is 2. The Hall–Kier alpha value is -3.02. The second-order valence-electron chi connectivity index (χ2n) is 6.84. The van der Waals surface area contributed by atoms with Crippen molar-refractivity contribution in [2.45, 2.75) is 29.2 Å². The van der Waals surface area contributed by atoms with E-state index in [4.69, 9.17) is 4.74 Å². The monoisotopic (exact) mass is 474 g/mol. The Bertz CT molecular complexity index is 1270. The van der Waals surface area contributed by atoms with Gasteiger partial charge in [0.15, 0.2) is 5.16 Å². The van der Waals surface area contributed by atoms with Crippen molar-refractivity contribution in [2.75, 3.05) is 6.61 Å². The SMILES string of the molecule is O=C1OCC[C@@H]1Sc1nc2ccccc2c(=O)n1-c1cc(C(F)(F)F)ccc1C(F)(F)F. The molecule has 0 radical (unpaired) electrons. The molecule has 12 heteroatoms. The Labute approximate surface area is 180 Å². The van der Waals surface area contributed by atoms with Gasteiger partial charge in [0.2, 0.25) is 0 Å². The minimum Gasteiger partial charge on any atom is -0.465 e. The molecule has 0 unspecified atom stereocenters. The fourth-order valence-corrected chi connectivity index (χ4v) is 4.32. The second-order valence-corrected chi connectivity index (χ2v) is 8.01. The molecule has 3 aromatic rings. The van der Waals surface area contributed by atoms with E-state index in [-0.39, 0.29) is 41.2 Å². The summed E-state index contributed by atoms with van der Waals surface area (Å²) >= 11 is 0.671. The van der Waals surface area contributed by atoms with Crippen molar-refractivity contribution in [1.29, 1.82) is 0 Å². The van der Waals surface area contributed by atoms with E-state index in [1.54, 1.807) is 6.07 Å². The van der Waals surface area contributed by atoms with Crippen LogP contribution in [0.2, 0.25) is 0 Å². The molecule has 1 fully saturated rings. The summed E-state index contributed by atoms with van der Waals surface area (Å²) < 4.78 is 86.3. The largest absolute Gasteiger partial charge is 0.465 e. The number of carbonyl (C=O) groups is 1. The maximum Gasteiger partial charge on any atom is 0.418 e. The number of para-hydroxylation sites is 1. The van der Waals surface area contributed by atoms with Crippen molar-refractivity contribution < 1.29 is 35.9 Å². The van der Waals surface area contributed by atoms with Crippen LogP contribution in [0.3, 0.4) is 0 Å². The van der Waals surface area contributed by atoms with E-state index in [0.717, 1.165) is 0 Å². The highest BCUT2D eigenvalue weighted by molar-refractivity contribution is 8.00. The van der Waals surface area contributed by atoms with Gasteiger partial charge in [0.1, 0.15) is 5.25 Å². The minimum atomic E-state index is -5.06. The molecule has 1 saturated heterocycles. The van der Waals surface area contributed by atoms with Gasteiger partial charge in [-0.15, -0.1) is 0 Å². The first-order chi connectivity index (χ1) is 15.0. The van der Waals surface area contributed by atoms with Gasteiger partial charge < -0.3 is 4.74 Å². The zero-order valence-corrected chi connectivity index (χ0v) is 16.6. The number of alkyl halides is 6. The Morgan fingerprint density at radius 1 is 1.00 bits per heavy atom. The van der Waals surface area contributed by atoms with Gasteiger partial charge in [-0.3, -0.25) is 14.2 Å².